The van der Waals surface area contributed by atoms with E-state index in [1.807, 2.05) is 36.1 Å². The highest BCUT2D eigenvalue weighted by Crippen LogP contribution is 2.25. The summed E-state index contributed by atoms with van der Waals surface area (Å²) in [5, 5.41) is 1.50. The van der Waals surface area contributed by atoms with Gasteiger partial charge in [0.05, 0.1) is 5.69 Å². The van der Waals surface area contributed by atoms with Crippen LogP contribution in [0.15, 0.2) is 36.0 Å². The van der Waals surface area contributed by atoms with Crippen molar-refractivity contribution in [3.05, 3.63) is 41.6 Å². The fourth-order valence-corrected chi connectivity index (χ4v) is 4.35. The van der Waals surface area contributed by atoms with Crippen molar-refractivity contribution in [2.45, 2.75) is 45.1 Å². The summed E-state index contributed by atoms with van der Waals surface area (Å²) in [5.41, 5.74) is 5.40. The van der Waals surface area contributed by atoms with E-state index in [-0.39, 0.29) is 18.2 Å². The number of carbonyl (C=O) groups is 2. The van der Waals surface area contributed by atoms with Gasteiger partial charge in [-0.2, -0.15) is 0 Å². The topological polar surface area (TPSA) is 55.9 Å². The van der Waals surface area contributed by atoms with Crippen LogP contribution in [0.5, 0.6) is 0 Å². The molecule has 6 heteroatoms. The Morgan fingerprint density at radius 3 is 2.56 bits per heavy atom. The van der Waals surface area contributed by atoms with Gasteiger partial charge in [-0.15, -0.1) is 0 Å². The minimum absolute atomic E-state index is 0.00812. The number of rotatable bonds is 3. The fourth-order valence-electron chi connectivity index (χ4n) is 4.35. The van der Waals surface area contributed by atoms with Gasteiger partial charge in [0.2, 0.25) is 5.91 Å². The quantitative estimate of drug-likeness (QED) is 0.889. The molecule has 0 bridgehead atoms. The van der Waals surface area contributed by atoms with Gasteiger partial charge in [0.15, 0.2) is 0 Å². The molecule has 0 radical (unpaired) electrons. The van der Waals surface area contributed by atoms with Crippen LogP contribution in [0.25, 0.3) is 0 Å². The van der Waals surface area contributed by atoms with E-state index in [2.05, 4.69) is 10.3 Å². The van der Waals surface area contributed by atoms with Crippen molar-refractivity contribution in [1.29, 1.82) is 0 Å². The van der Waals surface area contributed by atoms with Gasteiger partial charge in [-0.05, 0) is 43.5 Å². The molecule has 1 N–H and O–H groups in total. The Balaban J connectivity index is 1.39. The first-order valence-corrected chi connectivity index (χ1v) is 10.0. The second-order valence-electron chi connectivity index (χ2n) is 7.77. The summed E-state index contributed by atoms with van der Waals surface area (Å²) < 4.78 is 0. The van der Waals surface area contributed by atoms with Gasteiger partial charge in [-0.1, -0.05) is 25.0 Å². The number of carbonyl (C=O) groups excluding carboxylic acids is 2. The molecule has 1 saturated carbocycles. The van der Waals surface area contributed by atoms with Crippen LogP contribution < -0.4 is 10.4 Å². The fraction of sp³-hybridized carbons (Fsp3) is 0.524. The number of benzene rings is 1. The standard InChI is InChI=1S/C21H28N4O2/c1-16-5-4-8-18(15-16)25-20(26)10-9-19(22-25)21(27)24-13-11-23(12-14-24)17-6-2-3-7-17/h4-5,8-9,15,17,22H,2-3,6-7,10-14H2,1H3. The lowest BCUT2D eigenvalue weighted by molar-refractivity contribution is -0.129. The number of hydrogen-bond acceptors (Lipinski definition) is 4. The molecular weight excluding hydrogens is 340 g/mol. The van der Waals surface area contributed by atoms with E-state index in [1.165, 1.54) is 30.7 Å². The van der Waals surface area contributed by atoms with E-state index >= 15 is 0 Å². The Kier molecular flexibility index (Phi) is 5.16. The van der Waals surface area contributed by atoms with Gasteiger partial charge >= 0.3 is 0 Å². The second kappa shape index (κ2) is 7.72. The van der Waals surface area contributed by atoms with E-state index in [9.17, 15) is 9.59 Å². The minimum atomic E-state index is -0.0526. The summed E-state index contributed by atoms with van der Waals surface area (Å²) in [7, 11) is 0. The van der Waals surface area contributed by atoms with Crippen molar-refractivity contribution in [3.63, 3.8) is 0 Å². The van der Waals surface area contributed by atoms with E-state index in [1.54, 1.807) is 6.08 Å². The second-order valence-corrected chi connectivity index (χ2v) is 7.77. The molecular formula is C21H28N4O2. The molecule has 1 aromatic carbocycles. The molecule has 4 rings (SSSR count). The number of piperazine rings is 1. The monoisotopic (exact) mass is 368 g/mol. The lowest BCUT2D eigenvalue weighted by Gasteiger charge is -2.39. The van der Waals surface area contributed by atoms with Crippen LogP contribution in [0, 0.1) is 6.92 Å². The van der Waals surface area contributed by atoms with Crippen LogP contribution in [-0.2, 0) is 9.59 Å². The average Bonchev–Trinajstić information content (AvgIpc) is 3.23. The number of anilines is 1. The van der Waals surface area contributed by atoms with Crippen molar-refractivity contribution < 1.29 is 9.59 Å². The van der Waals surface area contributed by atoms with E-state index in [0.29, 0.717) is 11.7 Å². The van der Waals surface area contributed by atoms with Gasteiger partial charge < -0.3 is 4.90 Å². The summed E-state index contributed by atoms with van der Waals surface area (Å²) in [6.45, 7) is 5.40. The summed E-state index contributed by atoms with van der Waals surface area (Å²) in [6, 6.07) is 8.44. The Hall–Kier alpha value is -2.34. The van der Waals surface area contributed by atoms with Crippen molar-refractivity contribution in [1.82, 2.24) is 15.2 Å². The van der Waals surface area contributed by atoms with Gasteiger partial charge in [0.25, 0.3) is 5.91 Å². The number of nitrogens with one attached hydrogen (secondary N) is 1. The van der Waals surface area contributed by atoms with E-state index in [0.717, 1.165) is 37.4 Å². The Morgan fingerprint density at radius 2 is 1.85 bits per heavy atom. The molecule has 0 atom stereocenters. The summed E-state index contributed by atoms with van der Waals surface area (Å²) >= 11 is 0. The molecule has 6 nitrogen and oxygen atoms in total. The number of nitrogens with zero attached hydrogens (tertiary/aromatic N) is 3. The van der Waals surface area contributed by atoms with Crippen LogP contribution in [0.1, 0.15) is 37.7 Å². The van der Waals surface area contributed by atoms with Crippen LogP contribution in [0.4, 0.5) is 5.69 Å². The van der Waals surface area contributed by atoms with E-state index < -0.39 is 0 Å². The third-order valence-corrected chi connectivity index (χ3v) is 5.90. The third-order valence-electron chi connectivity index (χ3n) is 5.90. The first-order valence-electron chi connectivity index (χ1n) is 10.0. The molecule has 2 aliphatic heterocycles. The molecule has 1 saturated heterocycles. The molecule has 1 aliphatic carbocycles. The highest BCUT2D eigenvalue weighted by atomic mass is 16.2. The van der Waals surface area contributed by atoms with E-state index in [4.69, 9.17) is 0 Å². The summed E-state index contributed by atoms with van der Waals surface area (Å²) in [4.78, 5) is 29.8. The van der Waals surface area contributed by atoms with Crippen molar-refractivity contribution in [2.75, 3.05) is 31.2 Å². The minimum Gasteiger partial charge on any atom is -0.335 e. The summed E-state index contributed by atoms with van der Waals surface area (Å²) in [5.74, 6) is -0.0607. The predicted octanol–water partition coefficient (Wildman–Crippen LogP) is 2.21. The van der Waals surface area contributed by atoms with Crippen LogP contribution in [0.2, 0.25) is 0 Å². The van der Waals surface area contributed by atoms with Gasteiger partial charge in [-0.25, -0.2) is 5.01 Å². The highest BCUT2D eigenvalue weighted by Gasteiger charge is 2.31. The number of amides is 2. The molecule has 27 heavy (non-hydrogen) atoms. The molecule has 2 amide bonds. The number of hydrazine groups is 1. The number of aryl methyl sites for hydroxylation is 1. The maximum atomic E-state index is 13.0. The molecule has 1 aromatic rings. The molecule has 0 spiro atoms. The maximum absolute atomic E-state index is 13.0. The summed E-state index contributed by atoms with van der Waals surface area (Å²) in [6.07, 6.45) is 7.24. The first-order chi connectivity index (χ1) is 13.1. The van der Waals surface area contributed by atoms with Crippen molar-refractivity contribution in [2.24, 2.45) is 0 Å². The highest BCUT2D eigenvalue weighted by molar-refractivity contribution is 6.01. The van der Waals surface area contributed by atoms with Crippen LogP contribution >= 0.6 is 0 Å². The molecule has 2 fully saturated rings. The van der Waals surface area contributed by atoms with Crippen molar-refractivity contribution >= 4 is 17.5 Å². The lowest BCUT2D eigenvalue weighted by Crippen LogP contribution is -2.54. The average molecular weight is 368 g/mol. The van der Waals surface area contributed by atoms with Gasteiger partial charge in [0.1, 0.15) is 5.70 Å². The third kappa shape index (κ3) is 3.86. The van der Waals surface area contributed by atoms with Crippen LogP contribution in [-0.4, -0.2) is 53.8 Å². The van der Waals surface area contributed by atoms with Crippen LogP contribution in [0.3, 0.4) is 0 Å². The van der Waals surface area contributed by atoms with Gasteiger partial charge in [-0.3, -0.25) is 19.9 Å². The van der Waals surface area contributed by atoms with Crippen molar-refractivity contribution in [3.8, 4) is 0 Å². The van der Waals surface area contributed by atoms with Gasteiger partial charge in [0, 0.05) is 38.6 Å². The Morgan fingerprint density at radius 1 is 1.11 bits per heavy atom. The maximum Gasteiger partial charge on any atom is 0.271 e. The largest absolute Gasteiger partial charge is 0.335 e. The molecule has 0 aromatic heterocycles. The Labute approximate surface area is 160 Å². The normalized spacial score (nSPS) is 22.0. The molecule has 0 unspecified atom stereocenters. The molecule has 2 heterocycles. The zero-order valence-electron chi connectivity index (χ0n) is 16.0. The lowest BCUT2D eigenvalue weighted by atomic mass is 10.1. The molecule has 144 valence electrons. The number of hydrogen-bond donors (Lipinski definition) is 1. The zero-order valence-corrected chi connectivity index (χ0v) is 16.0. The first kappa shape index (κ1) is 18.0. The smallest absolute Gasteiger partial charge is 0.271 e. The zero-order chi connectivity index (χ0) is 18.8. The molecule has 3 aliphatic rings. The SMILES string of the molecule is Cc1cccc(N2NC(C(=O)N3CCN(C4CCCC4)CC3)=CCC2=O)c1. The predicted molar refractivity (Wildman–Crippen MR) is 105 cm³/mol. The Bertz CT molecular complexity index is 746.